The number of nitrogens with zero attached hydrogens (tertiary/aromatic N) is 3. The number of para-hydroxylation sites is 1. The van der Waals surface area contributed by atoms with Crippen molar-refractivity contribution >= 4 is 23.5 Å². The minimum Gasteiger partial charge on any atom is -0.496 e. The van der Waals surface area contributed by atoms with Crippen molar-refractivity contribution in [1.29, 1.82) is 0 Å². The van der Waals surface area contributed by atoms with Crippen molar-refractivity contribution in [2.75, 3.05) is 12.4 Å². The van der Waals surface area contributed by atoms with Gasteiger partial charge in [-0.1, -0.05) is 35.9 Å². The summed E-state index contributed by atoms with van der Waals surface area (Å²) in [4.78, 5) is 17.2. The van der Waals surface area contributed by atoms with E-state index in [0.29, 0.717) is 23.1 Å². The van der Waals surface area contributed by atoms with Crippen LogP contribution in [0.4, 0.5) is 5.95 Å². The average Bonchev–Trinajstić information content (AvgIpc) is 3.46. The summed E-state index contributed by atoms with van der Waals surface area (Å²) >= 11 is 6.03. The van der Waals surface area contributed by atoms with E-state index in [1.54, 1.807) is 7.11 Å². The Hall–Kier alpha value is -3.58. The number of H-pyrrole nitrogens is 1. The summed E-state index contributed by atoms with van der Waals surface area (Å²) in [5.74, 6) is 1.22. The molecular weight excluding hydrogens is 414 g/mol. The molecular formula is C23H22ClN5O2. The zero-order chi connectivity index (χ0) is 21.6. The van der Waals surface area contributed by atoms with Crippen LogP contribution in [0.15, 0.2) is 73.1 Å². The molecule has 0 aliphatic rings. The van der Waals surface area contributed by atoms with E-state index in [1.165, 1.54) is 0 Å². The second kappa shape index (κ2) is 9.49. The Bertz CT molecular complexity index is 1140. The molecule has 1 atom stereocenters. The number of carbonyl (C=O) groups is 1. The number of aromatic nitrogens is 4. The number of benzene rings is 2. The third-order valence-electron chi connectivity index (χ3n) is 4.97. The number of rotatable bonds is 8. The molecule has 0 unspecified atom stereocenters. The van der Waals surface area contributed by atoms with Gasteiger partial charge >= 0.3 is 0 Å². The van der Waals surface area contributed by atoms with E-state index >= 15 is 0 Å². The van der Waals surface area contributed by atoms with Gasteiger partial charge in [0.05, 0.1) is 12.7 Å². The van der Waals surface area contributed by atoms with Crippen molar-refractivity contribution in [2.45, 2.75) is 18.9 Å². The molecule has 0 radical (unpaired) electrons. The number of hydrogen-bond acceptors (Lipinski definition) is 4. The van der Waals surface area contributed by atoms with Gasteiger partial charge < -0.3 is 9.30 Å². The van der Waals surface area contributed by atoms with Gasteiger partial charge in [0.15, 0.2) is 5.82 Å². The first-order valence-corrected chi connectivity index (χ1v) is 10.2. The molecule has 0 spiro atoms. The smallest absolute Gasteiger partial charge is 0.249 e. The molecule has 0 saturated carbocycles. The molecule has 7 nitrogen and oxygen atoms in total. The van der Waals surface area contributed by atoms with Gasteiger partial charge in [-0.3, -0.25) is 15.2 Å². The number of carbonyl (C=O) groups excluding carboxylic acids is 1. The fourth-order valence-corrected chi connectivity index (χ4v) is 3.57. The fourth-order valence-electron chi connectivity index (χ4n) is 3.45. The Balaban J connectivity index is 1.48. The molecule has 31 heavy (non-hydrogen) atoms. The molecule has 158 valence electrons. The molecule has 0 aliphatic carbocycles. The van der Waals surface area contributed by atoms with Crippen LogP contribution in [-0.2, 0) is 11.3 Å². The quantitative estimate of drug-likeness (QED) is 0.418. The number of halogens is 1. The van der Waals surface area contributed by atoms with Gasteiger partial charge in [0, 0.05) is 36.3 Å². The highest BCUT2D eigenvalue weighted by atomic mass is 35.5. The molecule has 8 heteroatoms. The topological polar surface area (TPSA) is 84.8 Å². The average molecular weight is 436 g/mol. The number of nitrogens with one attached hydrogen (secondary N) is 2. The monoisotopic (exact) mass is 435 g/mol. The van der Waals surface area contributed by atoms with Crippen LogP contribution in [0.25, 0.3) is 11.4 Å². The first-order chi connectivity index (χ1) is 15.1. The number of amides is 1. The van der Waals surface area contributed by atoms with Gasteiger partial charge in [0.2, 0.25) is 11.9 Å². The predicted molar refractivity (Wildman–Crippen MR) is 120 cm³/mol. The lowest BCUT2D eigenvalue weighted by atomic mass is 9.95. The minimum atomic E-state index is -0.169. The molecule has 0 saturated heterocycles. The standard InChI is InChI=1S/C23H22ClN5O2/c1-31-20-7-3-2-6-19(20)22-26-23(28-27-22)25-21(30)14-17(15-29-12-4-5-13-29)16-8-10-18(24)11-9-16/h2-13,17H,14-15H2,1H3,(H2,25,26,27,28,30)/t17-/m1/s1. The molecule has 4 aromatic rings. The van der Waals surface area contributed by atoms with Crippen LogP contribution in [0.2, 0.25) is 5.02 Å². The SMILES string of the molecule is COc1ccccc1-c1nc(NC(=O)C[C@H](Cn2cccc2)c2ccc(Cl)cc2)n[nH]1. The van der Waals surface area contributed by atoms with Gasteiger partial charge in [-0.2, -0.15) is 4.98 Å². The molecule has 2 N–H and O–H groups in total. The molecule has 0 aliphatic heterocycles. The van der Waals surface area contributed by atoms with Crippen molar-refractivity contribution in [2.24, 2.45) is 0 Å². The maximum absolute atomic E-state index is 12.8. The fraction of sp³-hybridized carbons (Fsp3) is 0.174. The van der Waals surface area contributed by atoms with Gasteiger partial charge in [0.1, 0.15) is 5.75 Å². The molecule has 2 aromatic carbocycles. The minimum absolute atomic E-state index is 0.0303. The maximum atomic E-state index is 12.8. The lowest BCUT2D eigenvalue weighted by Crippen LogP contribution is -2.19. The molecule has 4 rings (SSSR count). The Morgan fingerprint density at radius 2 is 1.87 bits per heavy atom. The predicted octanol–water partition coefficient (Wildman–Crippen LogP) is 4.75. The van der Waals surface area contributed by atoms with Gasteiger partial charge in [-0.15, -0.1) is 5.10 Å². The number of methoxy groups -OCH3 is 1. The summed E-state index contributed by atoms with van der Waals surface area (Å²) in [7, 11) is 1.60. The number of anilines is 1. The van der Waals surface area contributed by atoms with E-state index < -0.39 is 0 Å². The number of ether oxygens (including phenoxy) is 1. The van der Waals surface area contributed by atoms with Crippen LogP contribution in [0.5, 0.6) is 5.75 Å². The number of aromatic amines is 1. The van der Waals surface area contributed by atoms with Crippen molar-refractivity contribution in [3.05, 3.63) is 83.6 Å². The van der Waals surface area contributed by atoms with Crippen molar-refractivity contribution in [3.8, 4) is 17.1 Å². The van der Waals surface area contributed by atoms with Crippen LogP contribution in [-0.4, -0.2) is 32.8 Å². The zero-order valence-corrected chi connectivity index (χ0v) is 17.7. The van der Waals surface area contributed by atoms with E-state index in [2.05, 4.69) is 25.1 Å². The van der Waals surface area contributed by atoms with Gasteiger partial charge in [0.25, 0.3) is 0 Å². The van der Waals surface area contributed by atoms with Crippen LogP contribution in [0.1, 0.15) is 17.9 Å². The van der Waals surface area contributed by atoms with Crippen LogP contribution >= 0.6 is 11.6 Å². The maximum Gasteiger partial charge on any atom is 0.249 e. The normalized spacial score (nSPS) is 11.8. The van der Waals surface area contributed by atoms with E-state index in [4.69, 9.17) is 16.3 Å². The third-order valence-corrected chi connectivity index (χ3v) is 5.22. The summed E-state index contributed by atoms with van der Waals surface area (Å²) in [5.41, 5.74) is 1.81. The van der Waals surface area contributed by atoms with Crippen LogP contribution in [0.3, 0.4) is 0 Å². The summed E-state index contributed by atoms with van der Waals surface area (Å²) in [6.45, 7) is 0.669. The summed E-state index contributed by atoms with van der Waals surface area (Å²) < 4.78 is 7.42. The molecule has 1 amide bonds. The largest absolute Gasteiger partial charge is 0.496 e. The lowest BCUT2D eigenvalue weighted by Gasteiger charge is -2.18. The van der Waals surface area contributed by atoms with Gasteiger partial charge in [-0.05, 0) is 42.0 Å². The van der Waals surface area contributed by atoms with Crippen LogP contribution in [0, 0.1) is 0 Å². The van der Waals surface area contributed by atoms with Crippen molar-refractivity contribution in [1.82, 2.24) is 19.7 Å². The molecule has 2 aromatic heterocycles. The first-order valence-electron chi connectivity index (χ1n) is 9.84. The Morgan fingerprint density at radius 3 is 2.61 bits per heavy atom. The van der Waals surface area contributed by atoms with E-state index in [0.717, 1.165) is 11.1 Å². The van der Waals surface area contributed by atoms with Crippen LogP contribution < -0.4 is 10.1 Å². The highest BCUT2D eigenvalue weighted by molar-refractivity contribution is 6.30. The Labute approximate surface area is 185 Å². The Kier molecular flexibility index (Phi) is 6.33. The zero-order valence-electron chi connectivity index (χ0n) is 17.0. The van der Waals surface area contributed by atoms with Crippen molar-refractivity contribution in [3.63, 3.8) is 0 Å². The third kappa shape index (κ3) is 5.13. The van der Waals surface area contributed by atoms with E-state index in [9.17, 15) is 4.79 Å². The highest BCUT2D eigenvalue weighted by Gasteiger charge is 2.19. The second-order valence-corrected chi connectivity index (χ2v) is 7.52. The molecule has 0 fully saturated rings. The molecule has 2 heterocycles. The van der Waals surface area contributed by atoms with E-state index in [1.807, 2.05) is 73.1 Å². The summed E-state index contributed by atoms with van der Waals surface area (Å²) in [5, 5.41) is 10.4. The summed E-state index contributed by atoms with van der Waals surface area (Å²) in [6, 6.07) is 19.0. The van der Waals surface area contributed by atoms with Crippen molar-refractivity contribution < 1.29 is 9.53 Å². The second-order valence-electron chi connectivity index (χ2n) is 7.09. The summed E-state index contributed by atoms with van der Waals surface area (Å²) in [6.07, 6.45) is 4.24. The molecule has 0 bridgehead atoms. The van der Waals surface area contributed by atoms with Gasteiger partial charge in [-0.25, -0.2) is 0 Å². The first kappa shape index (κ1) is 20.7. The Morgan fingerprint density at radius 1 is 1.13 bits per heavy atom. The number of hydrogen-bond donors (Lipinski definition) is 2. The highest BCUT2D eigenvalue weighted by Crippen LogP contribution is 2.28. The van der Waals surface area contributed by atoms with E-state index in [-0.39, 0.29) is 24.2 Å². The lowest BCUT2D eigenvalue weighted by molar-refractivity contribution is -0.116.